The number of nitrogens with zero attached hydrogens (tertiary/aromatic N) is 3. The van der Waals surface area contributed by atoms with Gasteiger partial charge in [0.15, 0.2) is 24.2 Å². The fourth-order valence-corrected chi connectivity index (χ4v) is 32.3. The number of anilines is 6. The number of aromatic nitrogens is 1. The van der Waals surface area contributed by atoms with Crippen LogP contribution in [0.3, 0.4) is 0 Å². The van der Waals surface area contributed by atoms with Gasteiger partial charge in [-0.25, -0.2) is 0 Å². The standard InChI is InChI=1S/C96H70BN3Si3/c1-10-36-74(37-11-1)101(75-38-12-2-13-39-75,76-40-14-3-15-41-76)83-63-61-71(62-64-83)98-92-60-33-30-57-88(92)97-89-66-65-85(103(80-48-22-7-23-49-80,81-50-24-8-25-51-81)82-52-26-9-27-53-82)70-93(89)99(95-69-73(68-94(98)96(95)97)100-90-58-31-28-55-86(90)87-56-29-32-59-91(87)100)72-35-34-54-84(67-72)102(77-42-16-4-17-43-77,78-44-18-5-19-45-78)79-46-20-6-21-47-79/h1-70H. The number of hydrogen-bond acceptors (Lipinski definition) is 2. The highest BCUT2D eigenvalue weighted by atomic mass is 28.3. The van der Waals surface area contributed by atoms with Crippen molar-refractivity contribution in [3.8, 4) is 5.69 Å². The Bertz CT molecular complexity index is 5590. The summed E-state index contributed by atoms with van der Waals surface area (Å²) in [6.45, 7) is -0.172. The van der Waals surface area contributed by atoms with Gasteiger partial charge < -0.3 is 14.4 Å². The van der Waals surface area contributed by atoms with E-state index in [0.717, 1.165) is 45.2 Å². The summed E-state index contributed by atoms with van der Waals surface area (Å²) < 4.78 is 2.54. The van der Waals surface area contributed by atoms with Crippen LogP contribution < -0.4 is 88.4 Å². The molecule has 0 aliphatic carbocycles. The van der Waals surface area contributed by atoms with Crippen LogP contribution in [-0.4, -0.2) is 35.5 Å². The second-order valence-corrected chi connectivity index (χ2v) is 38.8. The molecule has 7 heteroatoms. The minimum Gasteiger partial charge on any atom is -0.311 e. The zero-order valence-electron chi connectivity index (χ0n) is 56.8. The number of fused-ring (bicyclic) bond motifs is 7. The van der Waals surface area contributed by atoms with Crippen molar-refractivity contribution in [2.75, 3.05) is 9.80 Å². The molecule has 0 saturated carbocycles. The molecule has 3 heterocycles. The Hall–Kier alpha value is -12.4. The summed E-state index contributed by atoms with van der Waals surface area (Å²) in [7, 11) is -9.15. The van der Waals surface area contributed by atoms with E-state index in [0.29, 0.717) is 0 Å². The summed E-state index contributed by atoms with van der Waals surface area (Å²) in [4.78, 5) is 5.30. The van der Waals surface area contributed by atoms with Crippen molar-refractivity contribution < 1.29 is 0 Å². The Morgan fingerprint density at radius 2 is 0.485 bits per heavy atom. The molecule has 0 spiro atoms. The second-order valence-electron chi connectivity index (χ2n) is 27.3. The van der Waals surface area contributed by atoms with Crippen LogP contribution in [0, 0.1) is 0 Å². The summed E-state index contributed by atoms with van der Waals surface area (Å²) >= 11 is 0. The monoisotopic (exact) mass is 1360 g/mol. The summed E-state index contributed by atoms with van der Waals surface area (Å²) in [5.74, 6) is 0. The molecule has 0 radical (unpaired) electrons. The first kappa shape index (κ1) is 61.7. The van der Waals surface area contributed by atoms with Crippen LogP contribution in [0.1, 0.15) is 0 Å². The fourth-order valence-electron chi connectivity index (χ4n) is 18.0. The quantitative estimate of drug-likeness (QED) is 0.0749. The Labute approximate surface area is 605 Å². The van der Waals surface area contributed by atoms with Gasteiger partial charge in [0.25, 0.3) is 6.71 Å². The molecule has 484 valence electrons. The third kappa shape index (κ3) is 9.76. The van der Waals surface area contributed by atoms with Crippen molar-refractivity contribution in [3.63, 3.8) is 0 Å². The lowest BCUT2D eigenvalue weighted by atomic mass is 9.33. The molecule has 2 aliphatic heterocycles. The van der Waals surface area contributed by atoms with Crippen molar-refractivity contribution >= 4 is 165 Å². The first-order chi connectivity index (χ1) is 51.1. The van der Waals surface area contributed by atoms with Crippen LogP contribution in [0.4, 0.5) is 34.1 Å². The highest BCUT2D eigenvalue weighted by Crippen LogP contribution is 2.46. The second kappa shape index (κ2) is 25.7. The lowest BCUT2D eigenvalue weighted by molar-refractivity contribution is 1.16. The Morgan fingerprint density at radius 3 is 0.893 bits per heavy atom. The molecule has 2 aliphatic rings. The third-order valence-corrected chi connectivity index (χ3v) is 36.5. The normalized spacial score (nSPS) is 12.6. The van der Waals surface area contributed by atoms with Gasteiger partial charge in [-0.3, -0.25) is 0 Å². The summed E-state index contributed by atoms with van der Waals surface area (Å²) in [6.07, 6.45) is 0. The van der Waals surface area contributed by atoms with Crippen LogP contribution in [-0.2, 0) is 0 Å². The molecular formula is C96H70BN3Si3. The van der Waals surface area contributed by atoms with Gasteiger partial charge in [0.2, 0.25) is 0 Å². The highest BCUT2D eigenvalue weighted by molar-refractivity contribution is 7.21. The molecule has 0 amide bonds. The zero-order chi connectivity index (χ0) is 68.3. The number of para-hydroxylation sites is 3. The minimum atomic E-state index is -3.14. The number of rotatable bonds is 15. The van der Waals surface area contributed by atoms with Crippen LogP contribution in [0.25, 0.3) is 27.5 Å². The Kier molecular flexibility index (Phi) is 15.4. The lowest BCUT2D eigenvalue weighted by Gasteiger charge is -2.45. The van der Waals surface area contributed by atoms with E-state index in [4.69, 9.17) is 0 Å². The van der Waals surface area contributed by atoms with Gasteiger partial charge in [0, 0.05) is 44.9 Å². The van der Waals surface area contributed by atoms with Crippen molar-refractivity contribution in [2.24, 2.45) is 0 Å². The number of benzene rings is 16. The number of hydrogen-bond donors (Lipinski definition) is 0. The maximum Gasteiger partial charge on any atom is 0.252 e. The topological polar surface area (TPSA) is 11.4 Å². The van der Waals surface area contributed by atoms with E-state index in [9.17, 15) is 0 Å². The van der Waals surface area contributed by atoms with Gasteiger partial charge in [-0.15, -0.1) is 0 Å². The first-order valence-corrected chi connectivity index (χ1v) is 41.8. The average Bonchev–Trinajstić information content (AvgIpc) is 1.21. The molecule has 0 bridgehead atoms. The first-order valence-electron chi connectivity index (χ1n) is 35.8. The van der Waals surface area contributed by atoms with Crippen molar-refractivity contribution in [1.29, 1.82) is 0 Å². The summed E-state index contributed by atoms with van der Waals surface area (Å²) in [5.41, 5.74) is 14.0. The lowest BCUT2D eigenvalue weighted by Crippen LogP contribution is -2.75. The zero-order valence-corrected chi connectivity index (χ0v) is 59.8. The van der Waals surface area contributed by atoms with E-state index in [-0.39, 0.29) is 6.71 Å². The average molecular weight is 1360 g/mol. The van der Waals surface area contributed by atoms with Gasteiger partial charge in [-0.1, -0.05) is 364 Å². The SMILES string of the molecule is c1ccc([Si](c2ccccc2)(c2ccccc2)c2ccc(N3c4ccccc4B4c5ccc([Si](c6ccccc6)(c6ccccc6)c6ccccc6)cc5N(c5cccc([Si](c6ccccc6)(c6ccccc6)c6ccccc6)c5)c5cc(-n6c7ccccc7c7ccccc76)cc3c54)cc2)cc1. The van der Waals surface area contributed by atoms with Gasteiger partial charge >= 0.3 is 0 Å². The van der Waals surface area contributed by atoms with E-state index in [2.05, 4.69) is 439 Å². The van der Waals surface area contributed by atoms with Gasteiger partial charge in [-0.05, 0) is 139 Å². The van der Waals surface area contributed by atoms with Crippen molar-refractivity contribution in [3.05, 3.63) is 425 Å². The predicted octanol–water partition coefficient (Wildman–Crippen LogP) is 13.0. The van der Waals surface area contributed by atoms with E-state index in [1.807, 2.05) is 0 Å². The molecule has 0 saturated heterocycles. The van der Waals surface area contributed by atoms with E-state index in [1.165, 1.54) is 95.1 Å². The Morgan fingerprint density at radius 1 is 0.184 bits per heavy atom. The van der Waals surface area contributed by atoms with Crippen LogP contribution >= 0.6 is 0 Å². The summed E-state index contributed by atoms with van der Waals surface area (Å²) in [6, 6.07) is 162. The molecule has 0 atom stereocenters. The fraction of sp³-hybridized carbons (Fsp3) is 0. The highest BCUT2D eigenvalue weighted by Gasteiger charge is 2.49. The molecular weight excluding hydrogens is 1290 g/mol. The van der Waals surface area contributed by atoms with Crippen molar-refractivity contribution in [2.45, 2.75) is 0 Å². The molecule has 16 aromatic carbocycles. The minimum absolute atomic E-state index is 0.172. The third-order valence-electron chi connectivity index (χ3n) is 22.2. The van der Waals surface area contributed by atoms with Gasteiger partial charge in [-0.2, -0.15) is 0 Å². The van der Waals surface area contributed by atoms with E-state index in [1.54, 1.807) is 0 Å². The predicted molar refractivity (Wildman–Crippen MR) is 446 cm³/mol. The molecule has 17 aromatic rings. The van der Waals surface area contributed by atoms with E-state index >= 15 is 0 Å². The molecule has 3 nitrogen and oxygen atoms in total. The van der Waals surface area contributed by atoms with Gasteiger partial charge in [0.1, 0.15) is 0 Å². The molecule has 0 N–H and O–H groups in total. The molecule has 0 unspecified atom stereocenters. The summed E-state index contributed by atoms with van der Waals surface area (Å²) in [5, 5.41) is 18.4. The molecule has 0 fully saturated rings. The maximum atomic E-state index is 2.70. The Balaban J connectivity index is 0.933. The van der Waals surface area contributed by atoms with Crippen LogP contribution in [0.15, 0.2) is 425 Å². The van der Waals surface area contributed by atoms with Gasteiger partial charge in [0.05, 0.1) is 16.7 Å². The molecule has 103 heavy (non-hydrogen) atoms. The van der Waals surface area contributed by atoms with E-state index < -0.39 is 24.2 Å². The van der Waals surface area contributed by atoms with Crippen LogP contribution in [0.2, 0.25) is 0 Å². The largest absolute Gasteiger partial charge is 0.311 e. The molecule has 1 aromatic heterocycles. The molecule has 19 rings (SSSR count). The van der Waals surface area contributed by atoms with Crippen molar-refractivity contribution in [1.82, 2.24) is 4.57 Å². The maximum absolute atomic E-state index is 3.14. The smallest absolute Gasteiger partial charge is 0.252 e. The van der Waals surface area contributed by atoms with Crippen LogP contribution in [0.5, 0.6) is 0 Å².